The molecule has 7 nitrogen and oxygen atoms in total. The van der Waals surface area contributed by atoms with E-state index < -0.39 is 0 Å². The van der Waals surface area contributed by atoms with Crippen LogP contribution in [0.25, 0.3) is 0 Å². The van der Waals surface area contributed by atoms with E-state index >= 15 is 0 Å². The Labute approximate surface area is 140 Å². The number of rotatable bonds is 5. The topological polar surface area (TPSA) is 77.8 Å². The number of aromatic nitrogens is 2. The van der Waals surface area contributed by atoms with Crippen molar-refractivity contribution >= 4 is 0 Å². The molecular weight excluding hydrogens is 310 g/mol. The lowest BCUT2D eigenvalue weighted by molar-refractivity contribution is -0.00823. The first kappa shape index (κ1) is 15.3. The molecule has 0 saturated heterocycles. The number of benzene rings is 1. The Bertz CT molecular complexity index is 687. The molecule has 1 aromatic heterocycles. The van der Waals surface area contributed by atoms with Crippen LogP contribution >= 0.6 is 0 Å². The van der Waals surface area contributed by atoms with Crippen molar-refractivity contribution in [3.8, 4) is 17.2 Å². The van der Waals surface area contributed by atoms with Crippen LogP contribution in [0.2, 0.25) is 0 Å². The lowest BCUT2D eigenvalue weighted by Crippen LogP contribution is -2.54. The lowest BCUT2D eigenvalue weighted by Gasteiger charge is -2.42. The zero-order valence-electron chi connectivity index (χ0n) is 13.5. The molecule has 1 aromatic carbocycles. The maximum atomic E-state index is 10.0. The summed E-state index contributed by atoms with van der Waals surface area (Å²) in [6.07, 6.45) is 3.96. The van der Waals surface area contributed by atoms with Gasteiger partial charge in [-0.15, -0.1) is 0 Å². The molecular formula is C17H21N3O4. The minimum Gasteiger partial charge on any atom is -0.493 e. The van der Waals surface area contributed by atoms with Crippen LogP contribution in [0, 0.1) is 0 Å². The summed E-state index contributed by atoms with van der Waals surface area (Å²) in [6, 6.07) is 5.95. The minimum atomic E-state index is -0.364. The quantitative estimate of drug-likeness (QED) is 0.855. The highest BCUT2D eigenvalue weighted by atomic mass is 16.6. The standard InChI is InChI=1S/C17H21N3O4/c1-22-14-7-11(8-15-17(14)24-6-5-23-15)10-18-12-9-13(21)16(12)20-4-2-3-19-20/h2-4,7-8,12-13,16,18,21H,5-6,9-10H2,1H3/t12-,13+,16+/m0/s1. The van der Waals surface area contributed by atoms with Crippen molar-refractivity contribution in [2.75, 3.05) is 20.3 Å². The molecule has 1 saturated carbocycles. The van der Waals surface area contributed by atoms with E-state index in [4.69, 9.17) is 14.2 Å². The third-order valence-corrected chi connectivity index (χ3v) is 4.59. The number of nitrogens with zero attached hydrogens (tertiary/aromatic N) is 2. The predicted molar refractivity (Wildman–Crippen MR) is 86.5 cm³/mol. The van der Waals surface area contributed by atoms with Gasteiger partial charge in [-0.1, -0.05) is 0 Å². The Balaban J connectivity index is 1.46. The fraction of sp³-hybridized carbons (Fsp3) is 0.471. The van der Waals surface area contributed by atoms with E-state index in [9.17, 15) is 5.11 Å². The molecule has 7 heteroatoms. The minimum absolute atomic E-state index is 0.0286. The number of ether oxygens (including phenoxy) is 3. The highest BCUT2D eigenvalue weighted by molar-refractivity contribution is 5.54. The van der Waals surface area contributed by atoms with Gasteiger partial charge in [-0.2, -0.15) is 5.10 Å². The molecule has 3 atom stereocenters. The van der Waals surface area contributed by atoms with Gasteiger partial charge in [0.15, 0.2) is 11.5 Å². The summed E-state index contributed by atoms with van der Waals surface area (Å²) < 4.78 is 18.5. The molecule has 2 aromatic rings. The van der Waals surface area contributed by atoms with Crippen molar-refractivity contribution in [2.45, 2.75) is 31.2 Å². The van der Waals surface area contributed by atoms with Crippen molar-refractivity contribution in [1.82, 2.24) is 15.1 Å². The normalized spacial score (nSPS) is 25.2. The molecule has 0 spiro atoms. The molecule has 24 heavy (non-hydrogen) atoms. The first-order chi connectivity index (χ1) is 11.8. The Hall–Kier alpha value is -2.25. The first-order valence-electron chi connectivity index (χ1n) is 8.13. The second-order valence-electron chi connectivity index (χ2n) is 6.09. The molecule has 2 heterocycles. The van der Waals surface area contributed by atoms with Gasteiger partial charge in [0.1, 0.15) is 13.2 Å². The average Bonchev–Trinajstić information content (AvgIpc) is 3.11. The lowest BCUT2D eigenvalue weighted by atomic mass is 9.83. The van der Waals surface area contributed by atoms with Gasteiger partial charge in [0.25, 0.3) is 0 Å². The molecule has 2 N–H and O–H groups in total. The number of hydrogen-bond donors (Lipinski definition) is 2. The highest BCUT2D eigenvalue weighted by Gasteiger charge is 2.41. The number of aliphatic hydroxyl groups excluding tert-OH is 1. The maximum absolute atomic E-state index is 10.0. The van der Waals surface area contributed by atoms with Gasteiger partial charge in [-0.3, -0.25) is 4.68 Å². The molecule has 4 rings (SSSR count). The summed E-state index contributed by atoms with van der Waals surface area (Å²) in [4.78, 5) is 0. The molecule has 1 aliphatic heterocycles. The van der Waals surface area contributed by atoms with Crippen molar-refractivity contribution in [3.63, 3.8) is 0 Å². The van der Waals surface area contributed by atoms with E-state index in [0.717, 1.165) is 11.3 Å². The first-order valence-corrected chi connectivity index (χ1v) is 8.13. The maximum Gasteiger partial charge on any atom is 0.203 e. The second-order valence-corrected chi connectivity index (χ2v) is 6.09. The zero-order chi connectivity index (χ0) is 16.5. The monoisotopic (exact) mass is 331 g/mol. The van der Waals surface area contributed by atoms with Crippen LogP contribution in [0.15, 0.2) is 30.6 Å². The Morgan fingerprint density at radius 2 is 2.25 bits per heavy atom. The molecule has 128 valence electrons. The van der Waals surface area contributed by atoms with E-state index in [2.05, 4.69) is 10.4 Å². The molecule has 0 bridgehead atoms. The van der Waals surface area contributed by atoms with E-state index in [1.807, 2.05) is 29.1 Å². The van der Waals surface area contributed by atoms with Gasteiger partial charge < -0.3 is 24.6 Å². The number of aliphatic hydroxyl groups is 1. The third kappa shape index (κ3) is 2.70. The Morgan fingerprint density at radius 1 is 1.38 bits per heavy atom. The number of hydrogen-bond acceptors (Lipinski definition) is 6. The van der Waals surface area contributed by atoms with Crippen LogP contribution in [0.4, 0.5) is 0 Å². The van der Waals surface area contributed by atoms with Crippen molar-refractivity contribution in [2.24, 2.45) is 0 Å². The van der Waals surface area contributed by atoms with Crippen LogP contribution in [0.5, 0.6) is 17.2 Å². The van der Waals surface area contributed by atoms with E-state index in [-0.39, 0.29) is 18.2 Å². The van der Waals surface area contributed by atoms with Gasteiger partial charge in [0.05, 0.1) is 19.3 Å². The fourth-order valence-corrected chi connectivity index (χ4v) is 3.31. The van der Waals surface area contributed by atoms with Gasteiger partial charge in [-0.25, -0.2) is 0 Å². The van der Waals surface area contributed by atoms with E-state index in [1.165, 1.54) is 0 Å². The van der Waals surface area contributed by atoms with Crippen LogP contribution in [0.3, 0.4) is 0 Å². The summed E-state index contributed by atoms with van der Waals surface area (Å²) >= 11 is 0. The molecule has 0 unspecified atom stereocenters. The van der Waals surface area contributed by atoms with Crippen LogP contribution in [-0.2, 0) is 6.54 Å². The summed E-state index contributed by atoms with van der Waals surface area (Å²) in [5.41, 5.74) is 1.05. The largest absolute Gasteiger partial charge is 0.493 e. The third-order valence-electron chi connectivity index (χ3n) is 4.59. The number of methoxy groups -OCH3 is 1. The van der Waals surface area contributed by atoms with Gasteiger partial charge in [-0.05, 0) is 30.2 Å². The smallest absolute Gasteiger partial charge is 0.203 e. The van der Waals surface area contributed by atoms with E-state index in [1.54, 1.807) is 13.3 Å². The van der Waals surface area contributed by atoms with Crippen LogP contribution in [0.1, 0.15) is 18.0 Å². The summed E-state index contributed by atoms with van der Waals surface area (Å²) in [7, 11) is 1.63. The van der Waals surface area contributed by atoms with Gasteiger partial charge >= 0.3 is 0 Å². The fourth-order valence-electron chi connectivity index (χ4n) is 3.31. The summed E-state index contributed by atoms with van der Waals surface area (Å²) in [5.74, 6) is 2.07. The number of nitrogens with one attached hydrogen (secondary N) is 1. The van der Waals surface area contributed by atoms with Gasteiger partial charge in [0, 0.05) is 25.0 Å². The van der Waals surface area contributed by atoms with Crippen LogP contribution in [-0.4, -0.2) is 47.4 Å². The Kier molecular flexibility index (Phi) is 4.03. The molecule has 0 amide bonds. The molecule has 2 aliphatic rings. The predicted octanol–water partition coefficient (Wildman–Crippen LogP) is 1.13. The van der Waals surface area contributed by atoms with Crippen molar-refractivity contribution < 1.29 is 19.3 Å². The number of fused-ring (bicyclic) bond motifs is 1. The van der Waals surface area contributed by atoms with Gasteiger partial charge in [0.2, 0.25) is 5.75 Å². The summed E-state index contributed by atoms with van der Waals surface area (Å²) in [6.45, 7) is 1.73. The zero-order valence-corrected chi connectivity index (χ0v) is 13.5. The van der Waals surface area contributed by atoms with Crippen LogP contribution < -0.4 is 19.5 Å². The second kappa shape index (κ2) is 6.33. The summed E-state index contributed by atoms with van der Waals surface area (Å²) in [5, 5.41) is 17.8. The average molecular weight is 331 g/mol. The molecule has 1 aliphatic carbocycles. The van der Waals surface area contributed by atoms with Crippen molar-refractivity contribution in [3.05, 3.63) is 36.2 Å². The van der Waals surface area contributed by atoms with E-state index in [0.29, 0.717) is 37.7 Å². The Morgan fingerprint density at radius 3 is 3.00 bits per heavy atom. The SMILES string of the molecule is COc1cc(CN[C@H]2C[C@@H](O)[C@@H]2n2cccn2)cc2c1OCCO2. The molecule has 1 fully saturated rings. The highest BCUT2D eigenvalue weighted by Crippen LogP contribution is 2.40. The molecule has 0 radical (unpaired) electrons. The van der Waals surface area contributed by atoms with Crippen molar-refractivity contribution in [1.29, 1.82) is 0 Å².